The highest BCUT2D eigenvalue weighted by Gasteiger charge is 2.27. The number of thiazole rings is 1. The molecule has 27 heavy (non-hydrogen) atoms. The molecule has 0 aliphatic heterocycles. The maximum Gasteiger partial charge on any atom is 0.287 e. The van der Waals surface area contributed by atoms with Crippen molar-refractivity contribution >= 4 is 28.3 Å². The van der Waals surface area contributed by atoms with Gasteiger partial charge in [0.1, 0.15) is 6.04 Å². The number of hydrogen-bond acceptors (Lipinski definition) is 5. The molecule has 1 aliphatic carbocycles. The first-order chi connectivity index (χ1) is 13.2. The lowest BCUT2D eigenvalue weighted by molar-refractivity contribution is -0.118. The number of aromatic nitrogens is 1. The summed E-state index contributed by atoms with van der Waals surface area (Å²) in [4.78, 5) is 29.7. The monoisotopic (exact) mass is 381 g/mol. The molecule has 0 saturated heterocycles. The molecule has 0 radical (unpaired) electrons. The Hall–Kier alpha value is -2.93. The number of nitrogens with one attached hydrogen (secondary N) is 2. The number of amides is 2. The van der Waals surface area contributed by atoms with Crippen LogP contribution in [0.4, 0.5) is 5.13 Å². The molecule has 1 aliphatic rings. The molecule has 3 aromatic rings. The van der Waals surface area contributed by atoms with Gasteiger partial charge in [-0.05, 0) is 30.5 Å². The van der Waals surface area contributed by atoms with Crippen molar-refractivity contribution in [2.24, 2.45) is 0 Å². The predicted molar refractivity (Wildman–Crippen MR) is 103 cm³/mol. The molecule has 0 bridgehead atoms. The van der Waals surface area contributed by atoms with E-state index in [9.17, 15) is 9.59 Å². The Morgan fingerprint density at radius 1 is 1.19 bits per heavy atom. The average molecular weight is 381 g/mol. The van der Waals surface area contributed by atoms with Crippen molar-refractivity contribution in [3.8, 4) is 0 Å². The standard InChI is InChI=1S/C20H19N3O3S/c24-18(23-20-22-16(12-27-20)14-8-9-14)15(11-13-5-2-1-3-6-13)21-19(25)17-7-4-10-26-17/h1-7,10,12,14-15H,8-9,11H2,(H,21,25)(H,22,23,24). The van der Waals surface area contributed by atoms with E-state index in [0.29, 0.717) is 17.5 Å². The van der Waals surface area contributed by atoms with Crippen LogP contribution in [0.3, 0.4) is 0 Å². The molecule has 1 unspecified atom stereocenters. The van der Waals surface area contributed by atoms with Gasteiger partial charge >= 0.3 is 0 Å². The molecule has 2 N–H and O–H groups in total. The largest absolute Gasteiger partial charge is 0.459 e. The fourth-order valence-electron chi connectivity index (χ4n) is 2.80. The molecule has 4 rings (SSSR count). The second kappa shape index (κ2) is 7.75. The van der Waals surface area contributed by atoms with Crippen molar-refractivity contribution in [1.29, 1.82) is 0 Å². The van der Waals surface area contributed by atoms with Gasteiger partial charge in [-0.15, -0.1) is 11.3 Å². The Kier molecular flexibility index (Phi) is 5.02. The third-order valence-corrected chi connectivity index (χ3v) is 5.17. The van der Waals surface area contributed by atoms with Crippen LogP contribution in [-0.4, -0.2) is 22.8 Å². The van der Waals surface area contributed by atoms with Crippen molar-refractivity contribution < 1.29 is 14.0 Å². The Labute approximate surface area is 160 Å². The van der Waals surface area contributed by atoms with Crippen molar-refractivity contribution in [2.45, 2.75) is 31.2 Å². The van der Waals surface area contributed by atoms with Crippen LogP contribution >= 0.6 is 11.3 Å². The zero-order chi connectivity index (χ0) is 18.6. The fraction of sp³-hybridized carbons (Fsp3) is 0.250. The Balaban J connectivity index is 1.48. The summed E-state index contributed by atoms with van der Waals surface area (Å²) in [5.74, 6) is -0.0128. The highest BCUT2D eigenvalue weighted by Crippen LogP contribution is 2.40. The Morgan fingerprint density at radius 3 is 2.70 bits per heavy atom. The molecule has 1 saturated carbocycles. The fourth-order valence-corrected chi connectivity index (χ4v) is 3.59. The molecule has 7 heteroatoms. The smallest absolute Gasteiger partial charge is 0.287 e. The van der Waals surface area contributed by atoms with Crippen LogP contribution in [0.25, 0.3) is 0 Å². The van der Waals surface area contributed by atoms with Gasteiger partial charge in [0.15, 0.2) is 10.9 Å². The summed E-state index contributed by atoms with van der Waals surface area (Å²) in [6.07, 6.45) is 4.12. The molecule has 138 valence electrons. The van der Waals surface area contributed by atoms with Gasteiger partial charge < -0.3 is 15.1 Å². The average Bonchev–Trinajstić information content (AvgIpc) is 3.18. The quantitative estimate of drug-likeness (QED) is 0.655. The molecule has 1 aromatic carbocycles. The highest BCUT2D eigenvalue weighted by molar-refractivity contribution is 7.13. The van der Waals surface area contributed by atoms with E-state index in [0.717, 1.165) is 24.1 Å². The minimum Gasteiger partial charge on any atom is -0.459 e. The normalized spacial score (nSPS) is 14.5. The minimum atomic E-state index is -0.738. The molecule has 1 atom stereocenters. The molecular weight excluding hydrogens is 362 g/mol. The van der Waals surface area contributed by atoms with Crippen molar-refractivity contribution in [3.05, 3.63) is 71.1 Å². The third-order valence-electron chi connectivity index (χ3n) is 4.40. The molecule has 2 aromatic heterocycles. The molecule has 6 nitrogen and oxygen atoms in total. The van der Waals surface area contributed by atoms with Gasteiger partial charge in [0.2, 0.25) is 5.91 Å². The Morgan fingerprint density at radius 2 is 2.00 bits per heavy atom. The van der Waals surface area contributed by atoms with Crippen LogP contribution in [0.5, 0.6) is 0 Å². The number of carbonyl (C=O) groups is 2. The lowest BCUT2D eigenvalue weighted by atomic mass is 10.1. The van der Waals surface area contributed by atoms with E-state index in [-0.39, 0.29) is 11.7 Å². The second-order valence-corrected chi connectivity index (χ2v) is 7.39. The molecule has 1 fully saturated rings. The minimum absolute atomic E-state index is 0.172. The third kappa shape index (κ3) is 4.43. The van der Waals surface area contributed by atoms with Crippen LogP contribution < -0.4 is 10.6 Å². The van der Waals surface area contributed by atoms with Crippen molar-refractivity contribution in [2.75, 3.05) is 5.32 Å². The summed E-state index contributed by atoms with van der Waals surface area (Å²) < 4.78 is 5.13. The maximum atomic E-state index is 12.8. The summed E-state index contributed by atoms with van der Waals surface area (Å²) in [6.45, 7) is 0. The summed E-state index contributed by atoms with van der Waals surface area (Å²) in [5, 5.41) is 8.15. The molecule has 0 spiro atoms. The zero-order valence-corrected chi connectivity index (χ0v) is 15.4. The molecule has 2 amide bonds. The first kappa shape index (κ1) is 17.5. The number of furan rings is 1. The number of benzene rings is 1. The summed E-state index contributed by atoms with van der Waals surface area (Å²) in [7, 11) is 0. The Bertz CT molecular complexity index is 917. The topological polar surface area (TPSA) is 84.2 Å². The van der Waals surface area contributed by atoms with Gasteiger partial charge in [-0.1, -0.05) is 30.3 Å². The van der Waals surface area contributed by atoms with Gasteiger partial charge in [-0.2, -0.15) is 0 Å². The van der Waals surface area contributed by atoms with Crippen LogP contribution in [0.2, 0.25) is 0 Å². The van der Waals surface area contributed by atoms with E-state index in [1.165, 1.54) is 17.6 Å². The highest BCUT2D eigenvalue weighted by atomic mass is 32.1. The zero-order valence-electron chi connectivity index (χ0n) is 14.6. The van der Waals surface area contributed by atoms with Crippen LogP contribution in [-0.2, 0) is 11.2 Å². The van der Waals surface area contributed by atoms with Crippen LogP contribution in [0, 0.1) is 0 Å². The van der Waals surface area contributed by atoms with E-state index in [2.05, 4.69) is 15.6 Å². The van der Waals surface area contributed by atoms with Crippen molar-refractivity contribution in [3.63, 3.8) is 0 Å². The van der Waals surface area contributed by atoms with Gasteiger partial charge in [0.05, 0.1) is 12.0 Å². The number of nitrogens with zero attached hydrogens (tertiary/aromatic N) is 1. The molecular formula is C20H19N3O3S. The summed E-state index contributed by atoms with van der Waals surface area (Å²) in [5.41, 5.74) is 1.99. The van der Waals surface area contributed by atoms with Crippen molar-refractivity contribution in [1.82, 2.24) is 10.3 Å². The first-order valence-corrected chi connectivity index (χ1v) is 9.71. The number of anilines is 1. The lowest BCUT2D eigenvalue weighted by Crippen LogP contribution is -2.45. The SMILES string of the molecule is O=C(NC(Cc1ccccc1)C(=O)Nc1nc(C2CC2)cs1)c1ccco1. The second-order valence-electron chi connectivity index (χ2n) is 6.53. The van der Waals surface area contributed by atoms with Gasteiger partial charge in [0, 0.05) is 17.7 Å². The van der Waals surface area contributed by atoms with Crippen LogP contribution in [0.15, 0.2) is 58.5 Å². The van der Waals surface area contributed by atoms with E-state index in [4.69, 9.17) is 4.42 Å². The van der Waals surface area contributed by atoms with Crippen LogP contribution in [0.1, 0.15) is 40.6 Å². The lowest BCUT2D eigenvalue weighted by Gasteiger charge is -2.17. The summed E-state index contributed by atoms with van der Waals surface area (Å²) >= 11 is 1.41. The first-order valence-electron chi connectivity index (χ1n) is 8.83. The van der Waals surface area contributed by atoms with Gasteiger partial charge in [0.25, 0.3) is 5.91 Å². The summed E-state index contributed by atoms with van der Waals surface area (Å²) in [6, 6.07) is 12.0. The number of hydrogen-bond donors (Lipinski definition) is 2. The van der Waals surface area contributed by atoms with E-state index < -0.39 is 11.9 Å². The number of carbonyl (C=O) groups excluding carboxylic acids is 2. The van der Waals surface area contributed by atoms with Gasteiger partial charge in [-0.25, -0.2) is 4.98 Å². The number of rotatable bonds is 7. The predicted octanol–water partition coefficient (Wildman–Crippen LogP) is 3.59. The van der Waals surface area contributed by atoms with E-state index >= 15 is 0 Å². The molecule has 2 heterocycles. The van der Waals surface area contributed by atoms with E-state index in [1.807, 2.05) is 35.7 Å². The maximum absolute atomic E-state index is 12.8. The van der Waals surface area contributed by atoms with Gasteiger partial charge in [-0.3, -0.25) is 9.59 Å². The van der Waals surface area contributed by atoms with E-state index in [1.54, 1.807) is 12.1 Å².